The number of rotatable bonds is 6. The zero-order valence-corrected chi connectivity index (χ0v) is 10.6. The second-order valence-corrected chi connectivity index (χ2v) is 5.28. The standard InChI is InChI=1S/C11H17NO3S/c1-7(2)6-15-12-5-9-4-10(11(13)14)16-8(9)3/h4,7,12H,5-6H2,1-3H3,(H,13,14). The van der Waals surface area contributed by atoms with Gasteiger partial charge in [0.15, 0.2) is 0 Å². The largest absolute Gasteiger partial charge is 0.477 e. The van der Waals surface area contributed by atoms with Crippen LogP contribution in [0.5, 0.6) is 0 Å². The number of hydrogen-bond acceptors (Lipinski definition) is 4. The molecule has 0 fully saturated rings. The van der Waals surface area contributed by atoms with Crippen LogP contribution in [0.2, 0.25) is 0 Å². The maximum Gasteiger partial charge on any atom is 0.345 e. The molecule has 2 N–H and O–H groups in total. The van der Waals surface area contributed by atoms with Crippen molar-refractivity contribution in [3.05, 3.63) is 21.4 Å². The molecule has 0 atom stereocenters. The molecule has 0 aliphatic heterocycles. The number of aromatic carboxylic acids is 1. The molecule has 0 spiro atoms. The van der Waals surface area contributed by atoms with E-state index in [2.05, 4.69) is 19.3 Å². The number of carboxylic acids is 1. The van der Waals surface area contributed by atoms with Gasteiger partial charge >= 0.3 is 5.97 Å². The summed E-state index contributed by atoms with van der Waals surface area (Å²) in [5.41, 5.74) is 3.82. The first-order valence-electron chi connectivity index (χ1n) is 5.18. The Morgan fingerprint density at radius 2 is 2.31 bits per heavy atom. The average Bonchev–Trinajstić information content (AvgIpc) is 2.55. The molecule has 0 amide bonds. The molecule has 0 bridgehead atoms. The van der Waals surface area contributed by atoms with E-state index < -0.39 is 5.97 Å². The Morgan fingerprint density at radius 3 is 2.81 bits per heavy atom. The highest BCUT2D eigenvalue weighted by atomic mass is 32.1. The van der Waals surface area contributed by atoms with E-state index in [1.807, 2.05) is 6.92 Å². The van der Waals surface area contributed by atoms with Crippen LogP contribution in [0.15, 0.2) is 6.07 Å². The molecule has 0 aliphatic carbocycles. The first-order valence-corrected chi connectivity index (χ1v) is 5.99. The Morgan fingerprint density at radius 1 is 1.62 bits per heavy atom. The summed E-state index contributed by atoms with van der Waals surface area (Å²) in [5.74, 6) is -0.395. The van der Waals surface area contributed by atoms with Crippen molar-refractivity contribution in [2.75, 3.05) is 6.61 Å². The van der Waals surface area contributed by atoms with Gasteiger partial charge in [0.25, 0.3) is 0 Å². The van der Waals surface area contributed by atoms with Gasteiger partial charge in [-0.05, 0) is 24.5 Å². The van der Waals surface area contributed by atoms with Gasteiger partial charge in [-0.2, -0.15) is 5.48 Å². The van der Waals surface area contributed by atoms with Crippen LogP contribution in [0.1, 0.15) is 34.0 Å². The van der Waals surface area contributed by atoms with E-state index in [-0.39, 0.29) is 0 Å². The van der Waals surface area contributed by atoms with E-state index in [1.165, 1.54) is 11.3 Å². The molecule has 4 nitrogen and oxygen atoms in total. The minimum Gasteiger partial charge on any atom is -0.477 e. The number of hydroxylamine groups is 1. The van der Waals surface area contributed by atoms with Crippen LogP contribution in [0, 0.1) is 12.8 Å². The minimum absolute atomic E-state index is 0.373. The first kappa shape index (κ1) is 13.2. The fraction of sp³-hybridized carbons (Fsp3) is 0.545. The predicted octanol–water partition coefficient (Wildman–Crippen LogP) is 2.43. The minimum atomic E-state index is -0.873. The van der Waals surface area contributed by atoms with Gasteiger partial charge in [0, 0.05) is 11.4 Å². The molecular formula is C11H17NO3S. The SMILES string of the molecule is Cc1sc(C(=O)O)cc1CNOCC(C)C. The molecule has 1 heterocycles. The van der Waals surface area contributed by atoms with Crippen molar-refractivity contribution < 1.29 is 14.7 Å². The fourth-order valence-corrected chi connectivity index (χ4v) is 2.04. The third kappa shape index (κ3) is 3.92. The molecule has 0 aliphatic rings. The monoisotopic (exact) mass is 243 g/mol. The highest BCUT2D eigenvalue weighted by Gasteiger charge is 2.10. The second kappa shape index (κ2) is 5.98. The van der Waals surface area contributed by atoms with E-state index in [9.17, 15) is 4.79 Å². The molecule has 0 saturated heterocycles. The number of aryl methyl sites for hydroxylation is 1. The van der Waals surface area contributed by atoms with Gasteiger partial charge in [-0.1, -0.05) is 13.8 Å². The Labute approximate surface area is 99.2 Å². The molecule has 1 aromatic rings. The highest BCUT2D eigenvalue weighted by Crippen LogP contribution is 2.21. The molecule has 0 radical (unpaired) electrons. The van der Waals surface area contributed by atoms with Gasteiger partial charge in [0.2, 0.25) is 0 Å². The summed E-state index contributed by atoms with van der Waals surface area (Å²) >= 11 is 1.29. The third-order valence-corrected chi connectivity index (χ3v) is 3.09. The number of carbonyl (C=O) groups is 1. The summed E-state index contributed by atoms with van der Waals surface area (Å²) in [6, 6.07) is 1.69. The number of thiophene rings is 1. The van der Waals surface area contributed by atoms with E-state index in [4.69, 9.17) is 9.94 Å². The van der Waals surface area contributed by atoms with E-state index in [0.29, 0.717) is 23.9 Å². The number of hydrogen-bond donors (Lipinski definition) is 2. The van der Waals surface area contributed by atoms with Crippen LogP contribution >= 0.6 is 11.3 Å². The fourth-order valence-electron chi connectivity index (χ4n) is 1.16. The van der Waals surface area contributed by atoms with Crippen LogP contribution in [-0.4, -0.2) is 17.7 Å². The maximum absolute atomic E-state index is 10.7. The zero-order valence-electron chi connectivity index (χ0n) is 9.74. The molecule has 0 saturated carbocycles. The molecule has 1 rings (SSSR count). The van der Waals surface area contributed by atoms with Gasteiger partial charge in [-0.25, -0.2) is 4.79 Å². The van der Waals surface area contributed by atoms with E-state index >= 15 is 0 Å². The molecular weight excluding hydrogens is 226 g/mol. The third-order valence-electron chi connectivity index (χ3n) is 2.01. The van der Waals surface area contributed by atoms with Crippen molar-refractivity contribution in [1.29, 1.82) is 0 Å². The molecule has 0 unspecified atom stereocenters. The molecule has 1 aromatic heterocycles. The lowest BCUT2D eigenvalue weighted by atomic mass is 10.2. The second-order valence-electron chi connectivity index (χ2n) is 4.02. The number of carboxylic acid groups (broad SMARTS) is 1. The van der Waals surface area contributed by atoms with Crippen LogP contribution in [-0.2, 0) is 11.4 Å². The lowest BCUT2D eigenvalue weighted by Crippen LogP contribution is -2.17. The Kier molecular flexibility index (Phi) is 4.92. The smallest absolute Gasteiger partial charge is 0.345 e. The summed E-state index contributed by atoms with van der Waals surface area (Å²) in [6.45, 7) is 7.24. The molecule has 90 valence electrons. The summed E-state index contributed by atoms with van der Waals surface area (Å²) in [4.78, 5) is 17.4. The van der Waals surface area contributed by atoms with Gasteiger partial charge in [0.1, 0.15) is 4.88 Å². The van der Waals surface area contributed by atoms with Gasteiger partial charge < -0.3 is 9.94 Å². The van der Waals surface area contributed by atoms with Crippen molar-refractivity contribution in [3.63, 3.8) is 0 Å². The maximum atomic E-state index is 10.7. The first-order chi connectivity index (χ1) is 7.50. The summed E-state index contributed by atoms with van der Waals surface area (Å²) < 4.78 is 0. The van der Waals surface area contributed by atoms with Crippen molar-refractivity contribution in [2.45, 2.75) is 27.3 Å². The lowest BCUT2D eigenvalue weighted by molar-refractivity contribution is 0.0196. The van der Waals surface area contributed by atoms with Gasteiger partial charge in [-0.3, -0.25) is 0 Å². The quantitative estimate of drug-likeness (QED) is 0.595. The van der Waals surface area contributed by atoms with E-state index in [0.717, 1.165) is 10.4 Å². The molecule has 5 heteroatoms. The van der Waals surface area contributed by atoms with Crippen LogP contribution < -0.4 is 5.48 Å². The average molecular weight is 243 g/mol. The summed E-state index contributed by atoms with van der Waals surface area (Å²) in [6.07, 6.45) is 0. The van der Waals surface area contributed by atoms with Gasteiger partial charge in [-0.15, -0.1) is 11.3 Å². The predicted molar refractivity (Wildman–Crippen MR) is 63.6 cm³/mol. The molecule has 16 heavy (non-hydrogen) atoms. The topological polar surface area (TPSA) is 58.6 Å². The van der Waals surface area contributed by atoms with Crippen LogP contribution in [0.25, 0.3) is 0 Å². The van der Waals surface area contributed by atoms with Crippen molar-refractivity contribution in [3.8, 4) is 0 Å². The van der Waals surface area contributed by atoms with Crippen LogP contribution in [0.4, 0.5) is 0 Å². The number of nitrogens with one attached hydrogen (secondary N) is 1. The zero-order chi connectivity index (χ0) is 12.1. The van der Waals surface area contributed by atoms with E-state index in [1.54, 1.807) is 6.07 Å². The van der Waals surface area contributed by atoms with Crippen molar-refractivity contribution in [1.82, 2.24) is 5.48 Å². The highest BCUT2D eigenvalue weighted by molar-refractivity contribution is 7.14. The molecule has 0 aromatic carbocycles. The Hall–Kier alpha value is -0.910. The van der Waals surface area contributed by atoms with Crippen molar-refractivity contribution in [2.24, 2.45) is 5.92 Å². The van der Waals surface area contributed by atoms with Crippen LogP contribution in [0.3, 0.4) is 0 Å². The van der Waals surface area contributed by atoms with Gasteiger partial charge in [0.05, 0.1) is 6.61 Å². The summed E-state index contributed by atoms with van der Waals surface area (Å²) in [7, 11) is 0. The summed E-state index contributed by atoms with van der Waals surface area (Å²) in [5, 5.41) is 8.83. The van der Waals surface area contributed by atoms with Crippen molar-refractivity contribution >= 4 is 17.3 Å². The Balaban J connectivity index is 2.45. The lowest BCUT2D eigenvalue weighted by Gasteiger charge is -2.07. The normalized spacial score (nSPS) is 11.0. The Bertz CT molecular complexity index is 360.